The summed E-state index contributed by atoms with van der Waals surface area (Å²) in [5.74, 6) is 0.591. The van der Waals surface area contributed by atoms with E-state index >= 15 is 0 Å². The molecule has 0 bridgehead atoms. The summed E-state index contributed by atoms with van der Waals surface area (Å²) in [4.78, 5) is 28.8. The van der Waals surface area contributed by atoms with Gasteiger partial charge in [0.05, 0.1) is 11.0 Å². The lowest BCUT2D eigenvalue weighted by atomic mass is 10.1. The highest BCUT2D eigenvalue weighted by atomic mass is 79.9. The Balaban J connectivity index is 1.43. The molecule has 30 heavy (non-hydrogen) atoms. The van der Waals surface area contributed by atoms with Crippen LogP contribution in [0.5, 0.6) is 5.75 Å². The van der Waals surface area contributed by atoms with Gasteiger partial charge in [0.1, 0.15) is 5.75 Å². The van der Waals surface area contributed by atoms with Gasteiger partial charge in [-0.15, -0.1) is 0 Å². The first-order valence-electron chi connectivity index (χ1n) is 10.1. The van der Waals surface area contributed by atoms with Crippen LogP contribution in [0.4, 0.5) is 5.69 Å². The quantitative estimate of drug-likeness (QED) is 0.696. The predicted molar refractivity (Wildman–Crippen MR) is 122 cm³/mol. The molecule has 7 heteroatoms. The Morgan fingerprint density at radius 2 is 1.80 bits per heavy atom. The maximum atomic E-state index is 12.5. The molecule has 0 radical (unpaired) electrons. The van der Waals surface area contributed by atoms with Gasteiger partial charge in [0.15, 0.2) is 6.61 Å². The Hall–Kier alpha value is -2.38. The van der Waals surface area contributed by atoms with E-state index in [0.717, 1.165) is 26.9 Å². The Morgan fingerprint density at radius 3 is 2.50 bits per heavy atom. The number of benzene rings is 2. The minimum Gasteiger partial charge on any atom is -0.483 e. The molecule has 1 aliphatic rings. The minimum absolute atomic E-state index is 0.00871. The van der Waals surface area contributed by atoms with Crippen molar-refractivity contribution >= 4 is 33.4 Å². The van der Waals surface area contributed by atoms with Crippen LogP contribution in [0.2, 0.25) is 0 Å². The molecule has 0 aromatic heterocycles. The van der Waals surface area contributed by atoms with Gasteiger partial charge in [0, 0.05) is 31.9 Å². The Morgan fingerprint density at radius 1 is 1.07 bits per heavy atom. The van der Waals surface area contributed by atoms with Crippen molar-refractivity contribution in [1.29, 1.82) is 0 Å². The minimum atomic E-state index is -0.0398. The number of anilines is 1. The average Bonchev–Trinajstić information content (AvgIpc) is 2.71. The molecule has 2 aromatic rings. The van der Waals surface area contributed by atoms with Gasteiger partial charge >= 0.3 is 0 Å². The van der Waals surface area contributed by atoms with E-state index in [9.17, 15) is 9.59 Å². The van der Waals surface area contributed by atoms with Crippen molar-refractivity contribution in [2.75, 3.05) is 44.6 Å². The van der Waals surface area contributed by atoms with E-state index in [2.05, 4.69) is 26.1 Å². The van der Waals surface area contributed by atoms with Crippen LogP contribution in [0.25, 0.3) is 0 Å². The first kappa shape index (κ1) is 22.3. The molecule has 6 nitrogen and oxygen atoms in total. The molecule has 1 fully saturated rings. The second-order valence-electron chi connectivity index (χ2n) is 7.68. The lowest BCUT2D eigenvalue weighted by molar-refractivity contribution is -0.135. The van der Waals surface area contributed by atoms with E-state index in [1.807, 2.05) is 57.2 Å². The highest BCUT2D eigenvalue weighted by molar-refractivity contribution is 9.10. The third-order valence-electron chi connectivity index (χ3n) is 5.41. The number of hydrogen-bond donors (Lipinski definition) is 1. The summed E-state index contributed by atoms with van der Waals surface area (Å²) < 4.78 is 6.51. The standard InChI is InChI=1S/C23H28BrN3O3/c1-16-7-8-21(19(24)13-16)30-15-23(29)27-11-9-26(10-12-27)14-22(28)25-20-6-4-5-17(2)18(20)3/h4-8,13H,9-12,14-15H2,1-3H3,(H,25,28). The van der Waals surface area contributed by atoms with Gasteiger partial charge in [0.25, 0.3) is 5.91 Å². The van der Waals surface area contributed by atoms with Gasteiger partial charge in [0.2, 0.25) is 5.91 Å². The van der Waals surface area contributed by atoms with Gasteiger partial charge in [-0.05, 0) is 71.6 Å². The topological polar surface area (TPSA) is 61.9 Å². The molecular formula is C23H28BrN3O3. The number of hydrogen-bond acceptors (Lipinski definition) is 4. The fourth-order valence-electron chi connectivity index (χ4n) is 3.39. The van der Waals surface area contributed by atoms with Crippen LogP contribution in [0, 0.1) is 20.8 Å². The number of piperazine rings is 1. The molecule has 1 heterocycles. The van der Waals surface area contributed by atoms with Crippen LogP contribution in [-0.4, -0.2) is 60.9 Å². The fraction of sp³-hybridized carbons (Fsp3) is 0.391. The smallest absolute Gasteiger partial charge is 0.260 e. The highest BCUT2D eigenvalue weighted by Crippen LogP contribution is 2.25. The van der Waals surface area contributed by atoms with Crippen molar-refractivity contribution < 1.29 is 14.3 Å². The third kappa shape index (κ3) is 5.83. The van der Waals surface area contributed by atoms with Crippen LogP contribution in [-0.2, 0) is 9.59 Å². The van der Waals surface area contributed by atoms with Crippen molar-refractivity contribution in [3.8, 4) is 5.75 Å². The van der Waals surface area contributed by atoms with E-state index in [1.165, 1.54) is 0 Å². The van der Waals surface area contributed by atoms with Gasteiger partial charge in [-0.25, -0.2) is 0 Å². The lowest BCUT2D eigenvalue weighted by Crippen LogP contribution is -2.51. The Bertz CT molecular complexity index is 924. The zero-order valence-corrected chi connectivity index (χ0v) is 19.3. The van der Waals surface area contributed by atoms with Crippen LogP contribution in [0.3, 0.4) is 0 Å². The number of carbonyl (C=O) groups excluding carboxylic acids is 2. The zero-order chi connectivity index (χ0) is 21.7. The van der Waals surface area contributed by atoms with Crippen molar-refractivity contribution in [3.63, 3.8) is 0 Å². The van der Waals surface area contributed by atoms with E-state index in [0.29, 0.717) is 38.5 Å². The van der Waals surface area contributed by atoms with Gasteiger partial charge < -0.3 is 15.0 Å². The summed E-state index contributed by atoms with van der Waals surface area (Å²) in [6, 6.07) is 11.7. The molecule has 1 saturated heterocycles. The van der Waals surface area contributed by atoms with Crippen molar-refractivity contribution in [1.82, 2.24) is 9.80 Å². The lowest BCUT2D eigenvalue weighted by Gasteiger charge is -2.34. The van der Waals surface area contributed by atoms with E-state index < -0.39 is 0 Å². The number of carbonyl (C=O) groups is 2. The first-order chi connectivity index (χ1) is 14.3. The Kier molecular flexibility index (Phi) is 7.50. The number of nitrogens with one attached hydrogen (secondary N) is 1. The van der Waals surface area contributed by atoms with E-state index in [1.54, 1.807) is 4.90 Å². The summed E-state index contributed by atoms with van der Waals surface area (Å²) in [7, 11) is 0. The fourth-order valence-corrected chi connectivity index (χ4v) is 4.00. The molecule has 0 atom stereocenters. The number of amides is 2. The number of ether oxygens (including phenoxy) is 1. The summed E-state index contributed by atoms with van der Waals surface area (Å²) >= 11 is 3.46. The second-order valence-corrected chi connectivity index (χ2v) is 8.53. The molecule has 160 valence electrons. The summed E-state index contributed by atoms with van der Waals surface area (Å²) in [6.07, 6.45) is 0. The zero-order valence-electron chi connectivity index (χ0n) is 17.7. The Labute approximate surface area is 186 Å². The van der Waals surface area contributed by atoms with E-state index in [4.69, 9.17) is 4.74 Å². The second kappa shape index (κ2) is 10.1. The monoisotopic (exact) mass is 473 g/mol. The van der Waals surface area contributed by atoms with Gasteiger partial charge in [-0.3, -0.25) is 14.5 Å². The van der Waals surface area contributed by atoms with Crippen LogP contribution in [0.15, 0.2) is 40.9 Å². The highest BCUT2D eigenvalue weighted by Gasteiger charge is 2.23. The summed E-state index contributed by atoms with van der Waals surface area (Å²) in [5.41, 5.74) is 4.22. The molecule has 0 saturated carbocycles. The van der Waals surface area contributed by atoms with Crippen LogP contribution >= 0.6 is 15.9 Å². The van der Waals surface area contributed by atoms with Crippen molar-refractivity contribution in [3.05, 3.63) is 57.6 Å². The molecule has 0 aliphatic carbocycles. The maximum Gasteiger partial charge on any atom is 0.260 e. The first-order valence-corrected chi connectivity index (χ1v) is 10.9. The summed E-state index contributed by atoms with van der Waals surface area (Å²) in [5, 5.41) is 2.99. The number of nitrogens with zero attached hydrogens (tertiary/aromatic N) is 2. The molecule has 1 N–H and O–H groups in total. The number of rotatable bonds is 6. The molecule has 0 unspecified atom stereocenters. The van der Waals surface area contributed by atoms with E-state index in [-0.39, 0.29) is 18.4 Å². The maximum absolute atomic E-state index is 12.5. The van der Waals surface area contributed by atoms with Gasteiger partial charge in [-0.2, -0.15) is 0 Å². The summed E-state index contributed by atoms with van der Waals surface area (Å²) in [6.45, 7) is 8.88. The third-order valence-corrected chi connectivity index (χ3v) is 6.03. The van der Waals surface area contributed by atoms with Crippen molar-refractivity contribution in [2.45, 2.75) is 20.8 Å². The predicted octanol–water partition coefficient (Wildman–Crippen LogP) is 3.54. The van der Waals surface area contributed by atoms with Crippen molar-refractivity contribution in [2.24, 2.45) is 0 Å². The normalized spacial score (nSPS) is 14.5. The van der Waals surface area contributed by atoms with Crippen LogP contribution < -0.4 is 10.1 Å². The SMILES string of the molecule is Cc1ccc(OCC(=O)N2CCN(CC(=O)Nc3cccc(C)c3C)CC2)c(Br)c1. The van der Waals surface area contributed by atoms with Gasteiger partial charge in [-0.1, -0.05) is 18.2 Å². The largest absolute Gasteiger partial charge is 0.483 e. The average molecular weight is 474 g/mol. The molecule has 2 aromatic carbocycles. The molecule has 1 aliphatic heterocycles. The molecule has 2 amide bonds. The molecule has 3 rings (SSSR count). The number of halogens is 1. The number of aryl methyl sites for hydroxylation is 2. The molecular weight excluding hydrogens is 446 g/mol. The van der Waals surface area contributed by atoms with Crippen LogP contribution in [0.1, 0.15) is 16.7 Å². The molecule has 0 spiro atoms.